The third kappa shape index (κ3) is 3.38. The normalized spacial score (nSPS) is 12.3. The van der Waals surface area contributed by atoms with E-state index in [-0.39, 0.29) is 6.10 Å². The standard InChI is InChI=1S/C16H24O4/c1-9(8-18-7)19-20-16(17)15-13(5)11(3)10(2)12(4)14(15)6/h9H,8H2,1-7H3. The lowest BCUT2D eigenvalue weighted by molar-refractivity contribution is -0.276. The molecule has 0 saturated carbocycles. The summed E-state index contributed by atoms with van der Waals surface area (Å²) in [5.41, 5.74) is 5.92. The number of methoxy groups -OCH3 is 1. The van der Waals surface area contributed by atoms with E-state index in [2.05, 4.69) is 6.92 Å². The van der Waals surface area contributed by atoms with Crippen LogP contribution in [0.3, 0.4) is 0 Å². The van der Waals surface area contributed by atoms with Gasteiger partial charge in [0.25, 0.3) is 0 Å². The Balaban J connectivity index is 3.00. The third-order valence-electron chi connectivity index (χ3n) is 3.89. The molecule has 0 heterocycles. The van der Waals surface area contributed by atoms with Crippen LogP contribution in [0.25, 0.3) is 0 Å². The molecule has 0 aromatic heterocycles. The van der Waals surface area contributed by atoms with Crippen LogP contribution in [0.5, 0.6) is 0 Å². The van der Waals surface area contributed by atoms with Gasteiger partial charge in [-0.05, 0) is 69.4 Å². The van der Waals surface area contributed by atoms with E-state index < -0.39 is 5.97 Å². The van der Waals surface area contributed by atoms with E-state index in [4.69, 9.17) is 14.5 Å². The van der Waals surface area contributed by atoms with Crippen LogP contribution < -0.4 is 0 Å². The van der Waals surface area contributed by atoms with Gasteiger partial charge < -0.3 is 4.74 Å². The number of benzene rings is 1. The fraction of sp³-hybridized carbons (Fsp3) is 0.562. The predicted octanol–water partition coefficient (Wildman–Crippen LogP) is 3.35. The fourth-order valence-corrected chi connectivity index (χ4v) is 2.24. The van der Waals surface area contributed by atoms with Crippen molar-refractivity contribution in [3.63, 3.8) is 0 Å². The number of rotatable bonds is 5. The van der Waals surface area contributed by atoms with Gasteiger partial charge in [-0.15, -0.1) is 0 Å². The van der Waals surface area contributed by atoms with Crippen LogP contribution >= 0.6 is 0 Å². The molecule has 20 heavy (non-hydrogen) atoms. The molecule has 0 fully saturated rings. The van der Waals surface area contributed by atoms with E-state index in [0.29, 0.717) is 12.2 Å². The molecule has 1 rings (SSSR count). The topological polar surface area (TPSA) is 44.8 Å². The van der Waals surface area contributed by atoms with Crippen LogP contribution in [0, 0.1) is 34.6 Å². The molecule has 1 atom stereocenters. The SMILES string of the molecule is COCC(C)OOC(=O)c1c(C)c(C)c(C)c(C)c1C. The molecule has 0 bridgehead atoms. The van der Waals surface area contributed by atoms with Gasteiger partial charge >= 0.3 is 5.97 Å². The zero-order valence-electron chi connectivity index (χ0n) is 13.4. The minimum atomic E-state index is -0.450. The molecule has 0 aliphatic rings. The Labute approximate surface area is 121 Å². The van der Waals surface area contributed by atoms with Gasteiger partial charge in [0.2, 0.25) is 0 Å². The average Bonchev–Trinajstić information content (AvgIpc) is 2.41. The number of hydrogen-bond acceptors (Lipinski definition) is 4. The van der Waals surface area contributed by atoms with Crippen molar-refractivity contribution in [2.45, 2.75) is 47.6 Å². The second-order valence-electron chi connectivity index (χ2n) is 5.23. The van der Waals surface area contributed by atoms with Crippen LogP contribution in [-0.4, -0.2) is 25.8 Å². The smallest absolute Gasteiger partial charge is 0.373 e. The van der Waals surface area contributed by atoms with E-state index in [9.17, 15) is 4.79 Å². The molecule has 1 unspecified atom stereocenters. The summed E-state index contributed by atoms with van der Waals surface area (Å²) >= 11 is 0. The van der Waals surface area contributed by atoms with Gasteiger partial charge in [-0.3, -0.25) is 4.89 Å². The highest BCUT2D eigenvalue weighted by molar-refractivity contribution is 5.93. The van der Waals surface area contributed by atoms with Gasteiger partial charge in [-0.25, -0.2) is 4.79 Å². The molecule has 0 N–H and O–H groups in total. The summed E-state index contributed by atoms with van der Waals surface area (Å²) < 4.78 is 4.93. The molecule has 0 spiro atoms. The molecule has 0 radical (unpaired) electrons. The Hall–Kier alpha value is -1.39. The summed E-state index contributed by atoms with van der Waals surface area (Å²) in [4.78, 5) is 22.2. The number of ether oxygens (including phenoxy) is 1. The van der Waals surface area contributed by atoms with Crippen LogP contribution in [0.2, 0.25) is 0 Å². The second-order valence-corrected chi connectivity index (χ2v) is 5.23. The van der Waals surface area contributed by atoms with E-state index in [0.717, 1.165) is 22.3 Å². The zero-order valence-corrected chi connectivity index (χ0v) is 13.4. The van der Waals surface area contributed by atoms with Crippen LogP contribution in [0.15, 0.2) is 0 Å². The fourth-order valence-electron chi connectivity index (χ4n) is 2.24. The Kier molecular flexibility index (Phi) is 5.72. The first kappa shape index (κ1) is 16.7. The summed E-state index contributed by atoms with van der Waals surface area (Å²) in [6, 6.07) is 0. The number of carbonyl (C=O) groups excluding carboxylic acids is 1. The van der Waals surface area contributed by atoms with E-state index in [1.54, 1.807) is 14.0 Å². The largest absolute Gasteiger partial charge is 0.382 e. The van der Waals surface area contributed by atoms with Gasteiger partial charge in [-0.1, -0.05) is 0 Å². The van der Waals surface area contributed by atoms with Crippen molar-refractivity contribution >= 4 is 5.97 Å². The maximum atomic E-state index is 12.2. The first-order valence-electron chi connectivity index (χ1n) is 6.74. The molecule has 4 heteroatoms. The minimum absolute atomic E-state index is 0.294. The van der Waals surface area contributed by atoms with Gasteiger partial charge in [-0.2, -0.15) is 4.89 Å². The van der Waals surface area contributed by atoms with E-state index in [1.807, 2.05) is 27.7 Å². The molecule has 0 aliphatic heterocycles. The first-order valence-corrected chi connectivity index (χ1v) is 6.74. The Morgan fingerprint density at radius 1 is 0.950 bits per heavy atom. The highest BCUT2D eigenvalue weighted by atomic mass is 17.2. The Bertz CT molecular complexity index is 477. The summed E-state index contributed by atoms with van der Waals surface area (Å²) in [6.07, 6.45) is -0.294. The quantitative estimate of drug-likeness (QED) is 0.613. The van der Waals surface area contributed by atoms with Gasteiger partial charge in [0.05, 0.1) is 12.2 Å². The predicted molar refractivity (Wildman–Crippen MR) is 78.0 cm³/mol. The monoisotopic (exact) mass is 280 g/mol. The third-order valence-corrected chi connectivity index (χ3v) is 3.89. The zero-order chi connectivity index (χ0) is 15.4. The van der Waals surface area contributed by atoms with Crippen molar-refractivity contribution < 1.29 is 19.3 Å². The lowest BCUT2D eigenvalue weighted by Gasteiger charge is -2.17. The lowest BCUT2D eigenvalue weighted by atomic mass is 9.90. The van der Waals surface area contributed by atoms with Crippen molar-refractivity contribution in [1.82, 2.24) is 0 Å². The Morgan fingerprint density at radius 3 is 1.85 bits per heavy atom. The maximum Gasteiger partial charge on any atom is 0.373 e. The highest BCUT2D eigenvalue weighted by Crippen LogP contribution is 2.26. The molecule has 0 saturated heterocycles. The summed E-state index contributed by atoms with van der Waals surface area (Å²) in [6.45, 7) is 12.1. The van der Waals surface area contributed by atoms with Crippen molar-refractivity contribution in [1.29, 1.82) is 0 Å². The Morgan fingerprint density at radius 2 is 1.40 bits per heavy atom. The summed E-state index contributed by atoms with van der Waals surface area (Å²) in [7, 11) is 1.57. The molecule has 4 nitrogen and oxygen atoms in total. The van der Waals surface area contributed by atoms with Crippen LogP contribution in [0.1, 0.15) is 45.1 Å². The molecule has 1 aromatic carbocycles. The molecule has 1 aromatic rings. The second kappa shape index (κ2) is 6.86. The van der Waals surface area contributed by atoms with Crippen LogP contribution in [0.4, 0.5) is 0 Å². The van der Waals surface area contributed by atoms with Gasteiger partial charge in [0.15, 0.2) is 0 Å². The molecular formula is C16H24O4. The summed E-state index contributed by atoms with van der Waals surface area (Å²) in [5.74, 6) is -0.450. The lowest BCUT2D eigenvalue weighted by Crippen LogP contribution is -2.19. The van der Waals surface area contributed by atoms with Gasteiger partial charge in [0, 0.05) is 7.11 Å². The van der Waals surface area contributed by atoms with E-state index >= 15 is 0 Å². The molecular weight excluding hydrogens is 256 g/mol. The van der Waals surface area contributed by atoms with Crippen LogP contribution in [-0.2, 0) is 14.5 Å². The molecule has 112 valence electrons. The highest BCUT2D eigenvalue weighted by Gasteiger charge is 2.20. The molecule has 0 amide bonds. The van der Waals surface area contributed by atoms with Crippen molar-refractivity contribution in [3.05, 3.63) is 33.4 Å². The average molecular weight is 280 g/mol. The molecule has 0 aliphatic carbocycles. The number of carbonyl (C=O) groups is 1. The van der Waals surface area contributed by atoms with Crippen molar-refractivity contribution in [2.75, 3.05) is 13.7 Å². The minimum Gasteiger partial charge on any atom is -0.382 e. The number of hydrogen-bond donors (Lipinski definition) is 0. The maximum absolute atomic E-state index is 12.2. The van der Waals surface area contributed by atoms with Gasteiger partial charge in [0.1, 0.15) is 6.10 Å². The van der Waals surface area contributed by atoms with E-state index in [1.165, 1.54) is 5.56 Å². The van der Waals surface area contributed by atoms with Crippen molar-refractivity contribution in [2.24, 2.45) is 0 Å². The summed E-state index contributed by atoms with van der Waals surface area (Å²) in [5, 5.41) is 0. The first-order chi connectivity index (χ1) is 9.31. The van der Waals surface area contributed by atoms with Crippen molar-refractivity contribution in [3.8, 4) is 0 Å².